The number of pyridine rings is 1. The third-order valence-corrected chi connectivity index (χ3v) is 4.61. The predicted molar refractivity (Wildman–Crippen MR) is 105 cm³/mol. The predicted octanol–water partition coefficient (Wildman–Crippen LogP) is 1.10. The maximum absolute atomic E-state index is 12.7. The molecule has 1 aromatic carbocycles. The highest BCUT2D eigenvalue weighted by Crippen LogP contribution is 2.15. The van der Waals surface area contributed by atoms with E-state index < -0.39 is 23.9 Å². The van der Waals surface area contributed by atoms with Crippen molar-refractivity contribution in [3.8, 4) is 0 Å². The van der Waals surface area contributed by atoms with Crippen LogP contribution in [0.25, 0.3) is 0 Å². The number of amides is 3. The van der Waals surface area contributed by atoms with E-state index in [1.165, 1.54) is 6.92 Å². The number of carbonyl (C=O) groups is 3. The number of carbonyl (C=O) groups excluding carboxylic acids is 3. The number of nitrogens with one attached hydrogen (secondary N) is 2. The van der Waals surface area contributed by atoms with Gasteiger partial charge in [0.05, 0.1) is 0 Å². The van der Waals surface area contributed by atoms with Crippen molar-refractivity contribution in [2.75, 3.05) is 0 Å². The van der Waals surface area contributed by atoms with Gasteiger partial charge >= 0.3 is 0 Å². The molecule has 1 aromatic heterocycles. The van der Waals surface area contributed by atoms with Crippen molar-refractivity contribution in [2.24, 2.45) is 5.73 Å². The molecule has 0 bridgehead atoms. The van der Waals surface area contributed by atoms with Crippen molar-refractivity contribution in [2.45, 2.75) is 31.8 Å². The Kier molecular flexibility index (Phi) is 7.48. The first-order chi connectivity index (χ1) is 12.9. The monoisotopic (exact) mass is 432 g/mol. The van der Waals surface area contributed by atoms with E-state index in [-0.39, 0.29) is 12.3 Å². The first kappa shape index (κ1) is 20.6. The zero-order chi connectivity index (χ0) is 19.8. The summed E-state index contributed by atoms with van der Waals surface area (Å²) < 4.78 is 0.577. The van der Waals surface area contributed by atoms with Crippen LogP contribution < -0.4 is 16.4 Å². The maximum atomic E-state index is 12.7. The molecule has 27 heavy (non-hydrogen) atoms. The molecule has 4 N–H and O–H groups in total. The van der Waals surface area contributed by atoms with Crippen LogP contribution in [0.3, 0.4) is 0 Å². The Hall–Kier alpha value is -2.74. The number of halogens is 1. The molecule has 0 radical (unpaired) electrons. The average Bonchev–Trinajstić information content (AvgIpc) is 2.62. The molecule has 0 aliphatic carbocycles. The molecule has 2 atom stereocenters. The van der Waals surface area contributed by atoms with Gasteiger partial charge in [-0.2, -0.15) is 0 Å². The van der Waals surface area contributed by atoms with Gasteiger partial charge in [0.25, 0.3) is 0 Å². The molecule has 3 amide bonds. The van der Waals surface area contributed by atoms with Crippen molar-refractivity contribution in [3.05, 3.63) is 64.4 Å². The number of nitrogens with two attached hydrogens (primary N) is 1. The Labute approximate surface area is 165 Å². The first-order valence-electron chi connectivity index (χ1n) is 8.37. The second-order valence-corrected chi connectivity index (χ2v) is 6.81. The topological polar surface area (TPSA) is 114 Å². The van der Waals surface area contributed by atoms with Crippen LogP contribution in [0.5, 0.6) is 0 Å². The van der Waals surface area contributed by atoms with Gasteiger partial charge in [0.2, 0.25) is 17.7 Å². The van der Waals surface area contributed by atoms with Crippen LogP contribution in [0.15, 0.2) is 53.3 Å². The number of nitrogens with zero attached hydrogens (tertiary/aromatic N) is 1. The second kappa shape index (κ2) is 9.82. The number of primary amides is 1. The Morgan fingerprint density at radius 1 is 1.04 bits per heavy atom. The molecule has 1 heterocycles. The molecular formula is C19H21BrN4O3. The zero-order valence-electron chi connectivity index (χ0n) is 14.8. The molecule has 0 unspecified atom stereocenters. The van der Waals surface area contributed by atoms with Gasteiger partial charge in [0.1, 0.15) is 16.7 Å². The molecule has 8 heteroatoms. The molecular weight excluding hydrogens is 412 g/mol. The van der Waals surface area contributed by atoms with Crippen LogP contribution >= 0.6 is 15.9 Å². The number of benzene rings is 1. The van der Waals surface area contributed by atoms with Gasteiger partial charge < -0.3 is 16.4 Å². The zero-order valence-corrected chi connectivity index (χ0v) is 16.4. The number of aromatic nitrogens is 1. The van der Waals surface area contributed by atoms with Gasteiger partial charge in [-0.25, -0.2) is 4.98 Å². The van der Waals surface area contributed by atoms with Crippen LogP contribution in [0.1, 0.15) is 18.1 Å². The van der Waals surface area contributed by atoms with E-state index >= 15 is 0 Å². The molecule has 0 aliphatic rings. The molecule has 0 saturated heterocycles. The molecule has 0 saturated carbocycles. The summed E-state index contributed by atoms with van der Waals surface area (Å²) in [5.41, 5.74) is 7.08. The van der Waals surface area contributed by atoms with E-state index in [1.54, 1.807) is 18.3 Å². The summed E-state index contributed by atoms with van der Waals surface area (Å²) in [6.07, 6.45) is 2.10. The summed E-state index contributed by atoms with van der Waals surface area (Å²) in [4.78, 5) is 40.2. The lowest BCUT2D eigenvalue weighted by atomic mass is 10.0. The Morgan fingerprint density at radius 2 is 1.74 bits per heavy atom. The number of hydrogen-bond donors (Lipinski definition) is 3. The van der Waals surface area contributed by atoms with Crippen LogP contribution in [-0.2, 0) is 27.2 Å². The third kappa shape index (κ3) is 6.49. The van der Waals surface area contributed by atoms with Crippen LogP contribution in [-0.4, -0.2) is 34.8 Å². The SMILES string of the molecule is CC(=O)N[C@@H](Cc1ccccc1)C(=O)N[C@@H](Cc1cccnc1Br)C(N)=O. The number of hydrogen-bond acceptors (Lipinski definition) is 4. The summed E-state index contributed by atoms with van der Waals surface area (Å²) in [7, 11) is 0. The molecule has 2 rings (SSSR count). The minimum atomic E-state index is -0.926. The largest absolute Gasteiger partial charge is 0.368 e. The number of rotatable bonds is 8. The fourth-order valence-electron chi connectivity index (χ4n) is 2.59. The maximum Gasteiger partial charge on any atom is 0.243 e. The lowest BCUT2D eigenvalue weighted by Gasteiger charge is -2.22. The van der Waals surface area contributed by atoms with E-state index in [1.807, 2.05) is 30.3 Å². The highest BCUT2D eigenvalue weighted by Gasteiger charge is 2.26. The first-order valence-corrected chi connectivity index (χ1v) is 9.16. The lowest BCUT2D eigenvalue weighted by molar-refractivity contribution is -0.130. The van der Waals surface area contributed by atoms with Crippen molar-refractivity contribution in [1.82, 2.24) is 15.6 Å². The highest BCUT2D eigenvalue weighted by molar-refractivity contribution is 9.10. The Morgan fingerprint density at radius 3 is 2.33 bits per heavy atom. The fourth-order valence-corrected chi connectivity index (χ4v) is 3.00. The van der Waals surface area contributed by atoms with E-state index in [2.05, 4.69) is 31.5 Å². The van der Waals surface area contributed by atoms with Gasteiger partial charge in [-0.15, -0.1) is 0 Å². The van der Waals surface area contributed by atoms with E-state index in [9.17, 15) is 14.4 Å². The third-order valence-electron chi connectivity index (χ3n) is 3.90. The molecule has 2 aromatic rings. The summed E-state index contributed by atoms with van der Waals surface area (Å²) in [5.74, 6) is -1.48. The summed E-state index contributed by atoms with van der Waals surface area (Å²) in [6.45, 7) is 1.34. The molecule has 0 fully saturated rings. The van der Waals surface area contributed by atoms with Gasteiger partial charge in [-0.3, -0.25) is 14.4 Å². The average molecular weight is 433 g/mol. The van der Waals surface area contributed by atoms with E-state index in [0.29, 0.717) is 11.0 Å². The standard InChI is InChI=1S/C19H21BrN4O3/c1-12(25)23-16(10-13-6-3-2-4-7-13)19(27)24-15(18(21)26)11-14-8-5-9-22-17(14)20/h2-9,15-16H,10-11H2,1H3,(H2,21,26)(H,23,25)(H,24,27)/t15-,16-/m0/s1. The Bertz CT molecular complexity index is 814. The summed E-state index contributed by atoms with van der Waals surface area (Å²) in [6, 6.07) is 11.1. The van der Waals surface area contributed by atoms with E-state index in [0.717, 1.165) is 11.1 Å². The van der Waals surface area contributed by atoms with Gasteiger partial charge in [0.15, 0.2) is 0 Å². The quantitative estimate of drug-likeness (QED) is 0.541. The summed E-state index contributed by atoms with van der Waals surface area (Å²) >= 11 is 3.31. The van der Waals surface area contributed by atoms with Crippen molar-refractivity contribution >= 4 is 33.7 Å². The van der Waals surface area contributed by atoms with Gasteiger partial charge in [0, 0.05) is 26.0 Å². The van der Waals surface area contributed by atoms with Crippen LogP contribution in [0.4, 0.5) is 0 Å². The molecule has 0 spiro atoms. The van der Waals surface area contributed by atoms with Crippen LogP contribution in [0.2, 0.25) is 0 Å². The molecule has 7 nitrogen and oxygen atoms in total. The molecule has 142 valence electrons. The fraction of sp³-hybridized carbons (Fsp3) is 0.263. The smallest absolute Gasteiger partial charge is 0.243 e. The second-order valence-electron chi connectivity index (χ2n) is 6.06. The van der Waals surface area contributed by atoms with E-state index in [4.69, 9.17) is 5.73 Å². The van der Waals surface area contributed by atoms with Crippen molar-refractivity contribution in [1.29, 1.82) is 0 Å². The minimum absolute atomic E-state index is 0.188. The molecule has 0 aliphatic heterocycles. The van der Waals surface area contributed by atoms with Crippen LogP contribution in [0, 0.1) is 0 Å². The van der Waals surface area contributed by atoms with Crippen molar-refractivity contribution < 1.29 is 14.4 Å². The normalized spacial score (nSPS) is 12.7. The lowest BCUT2D eigenvalue weighted by Crippen LogP contribution is -2.54. The Balaban J connectivity index is 2.13. The van der Waals surface area contributed by atoms with Gasteiger partial charge in [-0.05, 0) is 33.1 Å². The minimum Gasteiger partial charge on any atom is -0.368 e. The van der Waals surface area contributed by atoms with Gasteiger partial charge in [-0.1, -0.05) is 36.4 Å². The highest BCUT2D eigenvalue weighted by atomic mass is 79.9. The summed E-state index contributed by atoms with van der Waals surface area (Å²) in [5, 5.41) is 5.26. The van der Waals surface area contributed by atoms with Crippen molar-refractivity contribution in [3.63, 3.8) is 0 Å².